The van der Waals surface area contributed by atoms with Gasteiger partial charge in [-0.3, -0.25) is 0 Å². The van der Waals surface area contributed by atoms with Crippen LogP contribution in [-0.2, 0) is 37.0 Å². The molecule has 0 bridgehead atoms. The van der Waals surface area contributed by atoms with Crippen molar-refractivity contribution in [2.24, 2.45) is 0 Å². The van der Waals surface area contributed by atoms with Gasteiger partial charge in [-0.2, -0.15) is 0 Å². The Hall–Kier alpha value is -1.92. The Balaban J connectivity index is 1.71. The Bertz CT molecular complexity index is 583. The monoisotopic (exact) mass is 312 g/mol. The molecule has 0 amide bonds. The van der Waals surface area contributed by atoms with Gasteiger partial charge in [0.2, 0.25) is 5.76 Å². The van der Waals surface area contributed by atoms with Gasteiger partial charge in [-0.1, -0.05) is 11.6 Å². The van der Waals surface area contributed by atoms with E-state index in [4.69, 9.17) is 35.3 Å². The molecule has 2 aliphatic rings. The van der Waals surface area contributed by atoms with Gasteiger partial charge in [-0.05, 0) is 12.1 Å². The van der Waals surface area contributed by atoms with Crippen LogP contribution in [0.1, 0.15) is 11.1 Å². The lowest BCUT2D eigenvalue weighted by atomic mass is 10.1. The van der Waals surface area contributed by atoms with E-state index in [2.05, 4.69) is 0 Å². The van der Waals surface area contributed by atoms with Gasteiger partial charge in [-0.15, -0.1) is 0 Å². The summed E-state index contributed by atoms with van der Waals surface area (Å²) in [5.41, 5.74) is 1.52. The molecule has 0 saturated carbocycles. The first-order valence-electron chi connectivity index (χ1n) is 6.37. The lowest BCUT2D eigenvalue weighted by Crippen LogP contribution is -2.18. The predicted molar refractivity (Wildman–Crippen MR) is 71.5 cm³/mol. The number of hydrogen-bond donors (Lipinski definition) is 0. The number of halogens is 1. The van der Waals surface area contributed by atoms with Crippen molar-refractivity contribution in [2.45, 2.75) is 13.2 Å². The van der Waals surface area contributed by atoms with Crippen molar-refractivity contribution in [2.75, 3.05) is 20.0 Å². The van der Waals surface area contributed by atoms with E-state index in [1.54, 1.807) is 12.1 Å². The van der Waals surface area contributed by atoms with Crippen molar-refractivity contribution < 1.29 is 28.5 Å². The summed E-state index contributed by atoms with van der Waals surface area (Å²) in [5.74, 6) is 0.116. The molecule has 0 fully saturated rings. The Kier molecular flexibility index (Phi) is 4.17. The summed E-state index contributed by atoms with van der Waals surface area (Å²) in [6.07, 6.45) is 1.25. The first-order chi connectivity index (χ1) is 10.2. The molecule has 1 aromatic rings. The number of carbonyl (C=O) groups is 1. The van der Waals surface area contributed by atoms with Crippen LogP contribution in [0.2, 0.25) is 5.02 Å². The molecule has 0 spiro atoms. The topological polar surface area (TPSA) is 63.2 Å². The summed E-state index contributed by atoms with van der Waals surface area (Å²) in [6.45, 7) is 1.36. The third kappa shape index (κ3) is 3.22. The molecule has 2 heterocycles. The maximum absolute atomic E-state index is 11.8. The summed E-state index contributed by atoms with van der Waals surface area (Å²) in [7, 11) is 0. The second-order valence-electron chi connectivity index (χ2n) is 4.44. The molecule has 6 nitrogen and oxygen atoms in total. The highest BCUT2D eigenvalue weighted by Gasteiger charge is 2.20. The lowest BCUT2D eigenvalue weighted by Gasteiger charge is -2.21. The predicted octanol–water partition coefficient (Wildman–Crippen LogP) is 2.14. The first kappa shape index (κ1) is 14.0. The average Bonchev–Trinajstić information content (AvgIpc) is 2.53. The molecule has 112 valence electrons. The van der Waals surface area contributed by atoms with E-state index in [1.165, 1.54) is 6.26 Å². The van der Waals surface area contributed by atoms with Gasteiger partial charge in [0.05, 0.1) is 6.61 Å². The van der Waals surface area contributed by atoms with Crippen LogP contribution >= 0.6 is 11.6 Å². The summed E-state index contributed by atoms with van der Waals surface area (Å²) >= 11 is 6.04. The minimum Gasteiger partial charge on any atom is -0.493 e. The molecule has 0 atom stereocenters. The molecule has 0 radical (unpaired) electrons. The average molecular weight is 313 g/mol. The minimum absolute atomic E-state index is 0.0302. The Morgan fingerprint density at radius 1 is 1.29 bits per heavy atom. The van der Waals surface area contributed by atoms with Crippen LogP contribution in [0.5, 0.6) is 5.75 Å². The fourth-order valence-electron chi connectivity index (χ4n) is 2.05. The van der Waals surface area contributed by atoms with Crippen LogP contribution in [0.15, 0.2) is 24.2 Å². The van der Waals surface area contributed by atoms with E-state index in [-0.39, 0.29) is 19.2 Å². The zero-order valence-corrected chi connectivity index (χ0v) is 11.9. The zero-order valence-electron chi connectivity index (χ0n) is 11.1. The number of benzene rings is 1. The van der Waals surface area contributed by atoms with E-state index >= 15 is 0 Å². The van der Waals surface area contributed by atoms with E-state index < -0.39 is 5.97 Å². The van der Waals surface area contributed by atoms with E-state index in [0.717, 1.165) is 5.56 Å². The zero-order chi connectivity index (χ0) is 14.7. The van der Waals surface area contributed by atoms with Crippen LogP contribution in [0.4, 0.5) is 0 Å². The second-order valence-corrected chi connectivity index (χ2v) is 4.88. The van der Waals surface area contributed by atoms with Gasteiger partial charge in [0.1, 0.15) is 31.8 Å². The van der Waals surface area contributed by atoms with Crippen LogP contribution < -0.4 is 4.74 Å². The van der Waals surface area contributed by atoms with Crippen molar-refractivity contribution in [1.82, 2.24) is 0 Å². The first-order valence-corrected chi connectivity index (χ1v) is 6.75. The molecule has 21 heavy (non-hydrogen) atoms. The minimum atomic E-state index is -0.588. The summed E-state index contributed by atoms with van der Waals surface area (Å²) in [6, 6.07) is 3.47. The summed E-state index contributed by atoms with van der Waals surface area (Å²) < 4.78 is 26.0. The van der Waals surface area contributed by atoms with Gasteiger partial charge in [0.25, 0.3) is 0 Å². The van der Waals surface area contributed by atoms with Crippen molar-refractivity contribution in [3.63, 3.8) is 0 Å². The highest BCUT2D eigenvalue weighted by molar-refractivity contribution is 6.30. The standard InChI is InChI=1S/C14H13ClO6/c15-11-3-9-5-18-8-21-13(9)10(4-11)6-20-14(16)12-7-17-1-2-19-12/h3-4,7H,1-2,5-6,8H2. The van der Waals surface area contributed by atoms with Gasteiger partial charge < -0.3 is 23.7 Å². The second kappa shape index (κ2) is 6.24. The van der Waals surface area contributed by atoms with Gasteiger partial charge in [0, 0.05) is 16.1 Å². The summed E-state index contributed by atoms with van der Waals surface area (Å²) in [4.78, 5) is 11.8. The maximum Gasteiger partial charge on any atom is 0.377 e. The van der Waals surface area contributed by atoms with E-state index in [9.17, 15) is 4.79 Å². The van der Waals surface area contributed by atoms with Crippen molar-refractivity contribution in [1.29, 1.82) is 0 Å². The van der Waals surface area contributed by atoms with Crippen LogP contribution in [0.3, 0.4) is 0 Å². The molecule has 3 rings (SSSR count). The highest BCUT2D eigenvalue weighted by atomic mass is 35.5. The molecule has 2 aliphatic heterocycles. The maximum atomic E-state index is 11.8. The van der Waals surface area contributed by atoms with Gasteiger partial charge in [0.15, 0.2) is 6.79 Å². The Morgan fingerprint density at radius 3 is 3.00 bits per heavy atom. The van der Waals surface area contributed by atoms with Gasteiger partial charge in [-0.25, -0.2) is 4.79 Å². The quantitative estimate of drug-likeness (QED) is 0.797. The molecule has 0 unspecified atom stereocenters. The normalized spacial score (nSPS) is 16.7. The van der Waals surface area contributed by atoms with E-state index in [0.29, 0.717) is 36.2 Å². The largest absolute Gasteiger partial charge is 0.493 e. The fraction of sp³-hybridized carbons (Fsp3) is 0.357. The molecule has 1 aromatic carbocycles. The third-order valence-corrected chi connectivity index (χ3v) is 3.18. The molecular formula is C14H13ClO6. The van der Waals surface area contributed by atoms with Crippen LogP contribution in [0, 0.1) is 0 Å². The molecule has 7 heteroatoms. The number of hydrogen-bond acceptors (Lipinski definition) is 6. The number of ether oxygens (including phenoxy) is 5. The molecule has 0 aliphatic carbocycles. The fourth-order valence-corrected chi connectivity index (χ4v) is 2.32. The van der Waals surface area contributed by atoms with Crippen molar-refractivity contribution in [3.05, 3.63) is 40.3 Å². The number of esters is 1. The van der Waals surface area contributed by atoms with Crippen molar-refractivity contribution >= 4 is 17.6 Å². The molecule has 0 aromatic heterocycles. The van der Waals surface area contributed by atoms with Crippen molar-refractivity contribution in [3.8, 4) is 5.75 Å². The SMILES string of the molecule is O=C(OCc1cc(Cl)cc2c1OCOC2)C1=COCCO1. The summed E-state index contributed by atoms with van der Waals surface area (Å²) in [5, 5.41) is 0.533. The lowest BCUT2D eigenvalue weighted by molar-refractivity contribution is -0.146. The Morgan fingerprint density at radius 2 is 2.19 bits per heavy atom. The molecule has 0 saturated heterocycles. The molecular weight excluding hydrogens is 300 g/mol. The number of rotatable bonds is 3. The number of carbonyl (C=O) groups excluding carboxylic acids is 1. The number of fused-ring (bicyclic) bond motifs is 1. The Labute approximate surface area is 126 Å². The van der Waals surface area contributed by atoms with Crippen LogP contribution in [-0.4, -0.2) is 26.0 Å². The third-order valence-electron chi connectivity index (χ3n) is 2.96. The van der Waals surface area contributed by atoms with Gasteiger partial charge >= 0.3 is 5.97 Å². The highest BCUT2D eigenvalue weighted by Crippen LogP contribution is 2.32. The van der Waals surface area contributed by atoms with E-state index in [1.807, 2.05) is 0 Å². The van der Waals surface area contributed by atoms with Crippen LogP contribution in [0.25, 0.3) is 0 Å². The molecule has 0 N–H and O–H groups in total. The smallest absolute Gasteiger partial charge is 0.377 e.